The van der Waals surface area contributed by atoms with Gasteiger partial charge in [0.1, 0.15) is 17.2 Å². The van der Waals surface area contributed by atoms with E-state index in [2.05, 4.69) is 5.32 Å². The summed E-state index contributed by atoms with van der Waals surface area (Å²) in [6, 6.07) is 14.0. The van der Waals surface area contributed by atoms with Crippen LogP contribution in [0.15, 0.2) is 65.6 Å². The second-order valence-corrected chi connectivity index (χ2v) is 9.98. The average molecular weight is 527 g/mol. The highest BCUT2D eigenvalue weighted by Crippen LogP contribution is 2.36. The van der Waals surface area contributed by atoms with Crippen LogP contribution < -0.4 is 14.4 Å². The molecule has 0 saturated carbocycles. The number of rotatable bonds is 7. The zero-order valence-electron chi connectivity index (χ0n) is 19.0. The number of benzene rings is 3. The van der Waals surface area contributed by atoms with Crippen LogP contribution in [0.1, 0.15) is 16.7 Å². The summed E-state index contributed by atoms with van der Waals surface area (Å²) in [5, 5.41) is 1.80. The predicted octanol–water partition coefficient (Wildman–Crippen LogP) is 5.82. The third-order valence-corrected chi connectivity index (χ3v) is 7.14. The van der Waals surface area contributed by atoms with Crippen molar-refractivity contribution in [2.45, 2.75) is 24.9 Å². The predicted molar refractivity (Wildman–Crippen MR) is 129 cm³/mol. The fraction of sp³-hybridized carbons (Fsp3) is 0.208. The SMILES string of the molecule is COc1ccc(C)cc1S(=O)(=O)N(CC(=O)Nc1ccc(Cl)c(C(F)(F)F)c1)c1cccc(C)c1. The molecular formula is C24H22ClF3N2O4S. The number of anilines is 2. The third-order valence-electron chi connectivity index (χ3n) is 5.02. The molecule has 3 aromatic carbocycles. The average Bonchev–Trinajstić information content (AvgIpc) is 2.78. The summed E-state index contributed by atoms with van der Waals surface area (Å²) in [5.74, 6) is -0.765. The Morgan fingerprint density at radius 2 is 1.71 bits per heavy atom. The number of alkyl halides is 3. The molecule has 0 spiro atoms. The van der Waals surface area contributed by atoms with E-state index in [1.807, 2.05) is 0 Å². The molecule has 0 aliphatic rings. The van der Waals surface area contributed by atoms with Gasteiger partial charge in [-0.15, -0.1) is 0 Å². The Hall–Kier alpha value is -3.24. The maximum Gasteiger partial charge on any atom is 0.417 e. The standard InChI is InChI=1S/C24H22ClF3N2O4S/c1-15-5-4-6-18(11-15)30(35(32,33)22-12-16(2)7-10-21(22)34-3)14-23(31)29-17-8-9-20(25)19(13-17)24(26,27)28/h4-13H,14H2,1-3H3,(H,29,31). The Balaban J connectivity index is 2.01. The summed E-state index contributed by atoms with van der Waals surface area (Å²) in [6.07, 6.45) is -4.73. The highest BCUT2D eigenvalue weighted by molar-refractivity contribution is 7.93. The Morgan fingerprint density at radius 3 is 2.34 bits per heavy atom. The van der Waals surface area contributed by atoms with Gasteiger partial charge in [-0.2, -0.15) is 13.2 Å². The van der Waals surface area contributed by atoms with Gasteiger partial charge in [0.25, 0.3) is 10.0 Å². The molecule has 6 nitrogen and oxygen atoms in total. The van der Waals surface area contributed by atoms with Crippen LogP contribution in [0.5, 0.6) is 5.75 Å². The van der Waals surface area contributed by atoms with E-state index < -0.39 is 39.2 Å². The number of hydrogen-bond acceptors (Lipinski definition) is 4. The van der Waals surface area contributed by atoms with Crippen molar-refractivity contribution in [3.63, 3.8) is 0 Å². The summed E-state index contributed by atoms with van der Waals surface area (Å²) in [4.78, 5) is 12.7. The molecule has 0 unspecified atom stereocenters. The number of aryl methyl sites for hydroxylation is 2. The zero-order valence-corrected chi connectivity index (χ0v) is 20.6. The van der Waals surface area contributed by atoms with Gasteiger partial charge < -0.3 is 10.1 Å². The number of carbonyl (C=O) groups excluding carboxylic acids is 1. The van der Waals surface area contributed by atoms with Crippen LogP contribution in [0, 0.1) is 13.8 Å². The minimum absolute atomic E-state index is 0.0844. The topological polar surface area (TPSA) is 75.7 Å². The monoisotopic (exact) mass is 526 g/mol. The van der Waals surface area contributed by atoms with Crippen molar-refractivity contribution in [2.24, 2.45) is 0 Å². The molecular weight excluding hydrogens is 505 g/mol. The molecule has 0 radical (unpaired) electrons. The molecule has 0 saturated heterocycles. The lowest BCUT2D eigenvalue weighted by molar-refractivity contribution is -0.137. The van der Waals surface area contributed by atoms with E-state index in [0.29, 0.717) is 11.6 Å². The van der Waals surface area contributed by atoms with Gasteiger partial charge in [-0.1, -0.05) is 29.8 Å². The van der Waals surface area contributed by atoms with Gasteiger partial charge in [-0.25, -0.2) is 8.42 Å². The number of halogens is 4. The van der Waals surface area contributed by atoms with Crippen molar-refractivity contribution < 1.29 is 31.1 Å². The van der Waals surface area contributed by atoms with Crippen LogP contribution in [-0.2, 0) is 21.0 Å². The molecule has 0 atom stereocenters. The maximum atomic E-state index is 13.7. The van der Waals surface area contributed by atoms with Crippen molar-refractivity contribution in [2.75, 3.05) is 23.3 Å². The first-order chi connectivity index (χ1) is 16.3. The van der Waals surface area contributed by atoms with Crippen molar-refractivity contribution in [1.29, 1.82) is 0 Å². The van der Waals surface area contributed by atoms with E-state index in [1.54, 1.807) is 38.1 Å². The number of methoxy groups -OCH3 is 1. The smallest absolute Gasteiger partial charge is 0.417 e. The number of carbonyl (C=O) groups is 1. The summed E-state index contributed by atoms with van der Waals surface area (Å²) in [7, 11) is -2.99. The lowest BCUT2D eigenvalue weighted by atomic mass is 10.2. The molecule has 186 valence electrons. The van der Waals surface area contributed by atoms with Crippen LogP contribution in [0.25, 0.3) is 0 Å². The van der Waals surface area contributed by atoms with E-state index in [1.165, 1.54) is 31.4 Å². The number of ether oxygens (including phenoxy) is 1. The van der Waals surface area contributed by atoms with Crippen molar-refractivity contribution in [1.82, 2.24) is 0 Å². The molecule has 3 aromatic rings. The fourth-order valence-corrected chi connectivity index (χ4v) is 5.23. The Morgan fingerprint density at radius 1 is 1.03 bits per heavy atom. The lowest BCUT2D eigenvalue weighted by Gasteiger charge is -2.25. The lowest BCUT2D eigenvalue weighted by Crippen LogP contribution is -2.38. The molecule has 0 aliphatic heterocycles. The Kier molecular flexibility index (Phi) is 7.66. The molecule has 0 aromatic heterocycles. The second-order valence-electron chi connectivity index (χ2n) is 7.75. The minimum atomic E-state index is -4.73. The van der Waals surface area contributed by atoms with Gasteiger partial charge in [0.15, 0.2) is 0 Å². The fourth-order valence-electron chi connectivity index (χ4n) is 3.35. The first-order valence-electron chi connectivity index (χ1n) is 10.2. The number of hydrogen-bond donors (Lipinski definition) is 1. The first-order valence-corrected chi connectivity index (χ1v) is 12.1. The Bertz CT molecular complexity index is 1360. The van der Waals surface area contributed by atoms with E-state index >= 15 is 0 Å². The molecule has 0 heterocycles. The summed E-state index contributed by atoms with van der Waals surface area (Å²) in [6.45, 7) is 2.77. The molecule has 3 rings (SSSR count). The Labute approximate surface area is 206 Å². The van der Waals surface area contributed by atoms with Crippen LogP contribution in [-0.4, -0.2) is 28.0 Å². The van der Waals surface area contributed by atoms with Gasteiger partial charge in [-0.05, 0) is 67.4 Å². The number of nitrogens with zero attached hydrogens (tertiary/aromatic N) is 1. The highest BCUT2D eigenvalue weighted by atomic mass is 35.5. The van der Waals surface area contributed by atoms with E-state index in [-0.39, 0.29) is 22.0 Å². The number of nitrogens with one attached hydrogen (secondary N) is 1. The normalized spacial score (nSPS) is 11.7. The molecule has 11 heteroatoms. The van der Waals surface area contributed by atoms with E-state index in [0.717, 1.165) is 15.9 Å². The molecule has 0 bridgehead atoms. The molecule has 0 fully saturated rings. The summed E-state index contributed by atoms with van der Waals surface area (Å²) < 4.78 is 73.1. The largest absolute Gasteiger partial charge is 0.495 e. The summed E-state index contributed by atoms with van der Waals surface area (Å²) in [5.41, 5.74) is 0.299. The number of amides is 1. The molecule has 35 heavy (non-hydrogen) atoms. The van der Waals surface area contributed by atoms with Crippen LogP contribution >= 0.6 is 11.6 Å². The molecule has 0 aliphatic carbocycles. The van der Waals surface area contributed by atoms with Crippen LogP contribution in [0.4, 0.5) is 24.5 Å². The first kappa shape index (κ1) is 26.4. The van der Waals surface area contributed by atoms with Gasteiger partial charge in [0.05, 0.1) is 23.4 Å². The van der Waals surface area contributed by atoms with E-state index in [4.69, 9.17) is 16.3 Å². The van der Waals surface area contributed by atoms with Crippen LogP contribution in [0.2, 0.25) is 5.02 Å². The molecule has 1 amide bonds. The quantitative estimate of drug-likeness (QED) is 0.421. The van der Waals surface area contributed by atoms with Crippen LogP contribution in [0.3, 0.4) is 0 Å². The van der Waals surface area contributed by atoms with Gasteiger partial charge in [0.2, 0.25) is 5.91 Å². The van der Waals surface area contributed by atoms with Crippen molar-refractivity contribution in [3.05, 3.63) is 82.4 Å². The zero-order chi connectivity index (χ0) is 26.0. The second kappa shape index (κ2) is 10.2. The van der Waals surface area contributed by atoms with Gasteiger partial charge in [-0.3, -0.25) is 9.10 Å². The van der Waals surface area contributed by atoms with Gasteiger partial charge in [0, 0.05) is 5.69 Å². The minimum Gasteiger partial charge on any atom is -0.495 e. The van der Waals surface area contributed by atoms with Gasteiger partial charge >= 0.3 is 6.18 Å². The highest BCUT2D eigenvalue weighted by Gasteiger charge is 2.34. The van der Waals surface area contributed by atoms with Crippen molar-refractivity contribution in [3.8, 4) is 5.75 Å². The van der Waals surface area contributed by atoms with Crippen molar-refractivity contribution >= 4 is 38.9 Å². The molecule has 1 N–H and O–H groups in total. The number of sulfonamides is 1. The third kappa shape index (κ3) is 6.07. The van der Waals surface area contributed by atoms with E-state index in [9.17, 15) is 26.4 Å². The maximum absolute atomic E-state index is 13.7. The summed E-state index contributed by atoms with van der Waals surface area (Å²) >= 11 is 5.63.